The molecule has 2 aromatic rings. The topological polar surface area (TPSA) is 106 Å². The lowest BCUT2D eigenvalue weighted by atomic mass is 10.2. The highest BCUT2D eigenvalue weighted by molar-refractivity contribution is 9.10. The van der Waals surface area contributed by atoms with Gasteiger partial charge in [0.15, 0.2) is 11.3 Å². The van der Waals surface area contributed by atoms with Crippen molar-refractivity contribution in [1.29, 1.82) is 0 Å². The Morgan fingerprint density at radius 1 is 1.17 bits per heavy atom. The number of sulfonamides is 1. The van der Waals surface area contributed by atoms with Crippen LogP contribution in [0.1, 0.15) is 25.0 Å². The molecule has 8 nitrogen and oxygen atoms in total. The molecule has 1 aromatic carbocycles. The second-order valence-electron chi connectivity index (χ2n) is 6.62. The molecule has 0 spiro atoms. The van der Waals surface area contributed by atoms with E-state index in [4.69, 9.17) is 9.15 Å². The molecule has 3 rings (SSSR count). The van der Waals surface area contributed by atoms with Gasteiger partial charge < -0.3 is 14.5 Å². The molecular weight excluding hydrogens is 476 g/mol. The molecule has 1 saturated heterocycles. The van der Waals surface area contributed by atoms with Crippen molar-refractivity contribution in [1.82, 2.24) is 4.31 Å². The van der Waals surface area contributed by atoms with Gasteiger partial charge in [-0.3, -0.25) is 4.79 Å². The third-order valence-electron chi connectivity index (χ3n) is 4.39. The van der Waals surface area contributed by atoms with Crippen molar-refractivity contribution in [3.05, 3.63) is 52.9 Å². The van der Waals surface area contributed by atoms with Crippen molar-refractivity contribution >= 4 is 49.6 Å². The fraction of sp³-hybridized carbons (Fsp3) is 0.300. The van der Waals surface area contributed by atoms with E-state index in [1.54, 1.807) is 24.3 Å². The first kappa shape index (κ1) is 22.3. The fourth-order valence-electron chi connectivity index (χ4n) is 2.94. The molecule has 0 bridgehead atoms. The van der Waals surface area contributed by atoms with Crippen LogP contribution in [0.15, 0.2) is 56.5 Å². The first-order valence-electron chi connectivity index (χ1n) is 9.35. The third kappa shape index (κ3) is 6.04. The molecular formula is C20H21BrN2O6S. The number of esters is 1. The lowest BCUT2D eigenvalue weighted by Gasteiger charge is -2.26. The van der Waals surface area contributed by atoms with E-state index in [9.17, 15) is 18.0 Å². The Hall–Kier alpha value is -2.43. The third-order valence-corrected chi connectivity index (χ3v) is 6.71. The maximum absolute atomic E-state index is 12.8. The molecule has 1 fully saturated rings. The van der Waals surface area contributed by atoms with Gasteiger partial charge >= 0.3 is 5.97 Å². The summed E-state index contributed by atoms with van der Waals surface area (Å²) < 4.78 is 37.6. The van der Waals surface area contributed by atoms with E-state index in [1.807, 2.05) is 0 Å². The number of halogens is 1. The number of benzene rings is 1. The highest BCUT2D eigenvalue weighted by atomic mass is 79.9. The zero-order valence-electron chi connectivity index (χ0n) is 16.0. The summed E-state index contributed by atoms with van der Waals surface area (Å²) in [6, 6.07) is 9.37. The van der Waals surface area contributed by atoms with E-state index in [0.717, 1.165) is 25.3 Å². The van der Waals surface area contributed by atoms with Gasteiger partial charge in [-0.05, 0) is 65.2 Å². The molecule has 1 aliphatic heterocycles. The summed E-state index contributed by atoms with van der Waals surface area (Å²) in [6.07, 6.45) is 5.26. The second-order valence-corrected chi connectivity index (χ2v) is 9.34. The molecule has 0 unspecified atom stereocenters. The lowest BCUT2D eigenvalue weighted by Crippen LogP contribution is -2.35. The van der Waals surface area contributed by atoms with Gasteiger partial charge in [0.05, 0.1) is 4.90 Å². The Bertz CT molecular complexity index is 1040. The molecule has 1 amide bonds. The summed E-state index contributed by atoms with van der Waals surface area (Å²) >= 11 is 3.15. The zero-order valence-corrected chi connectivity index (χ0v) is 18.4. The Balaban J connectivity index is 1.54. The smallest absolute Gasteiger partial charge is 0.331 e. The summed E-state index contributed by atoms with van der Waals surface area (Å²) in [5.41, 5.74) is 0.310. The Morgan fingerprint density at radius 3 is 2.63 bits per heavy atom. The fourth-order valence-corrected chi connectivity index (χ4v) is 4.82. The minimum Gasteiger partial charge on any atom is -0.452 e. The van der Waals surface area contributed by atoms with Crippen LogP contribution in [0.2, 0.25) is 0 Å². The van der Waals surface area contributed by atoms with E-state index in [-0.39, 0.29) is 4.90 Å². The van der Waals surface area contributed by atoms with Crippen LogP contribution in [0.3, 0.4) is 0 Å². The van der Waals surface area contributed by atoms with Gasteiger partial charge in [0.2, 0.25) is 10.0 Å². The average molecular weight is 497 g/mol. The number of furan rings is 1. The van der Waals surface area contributed by atoms with Crippen molar-refractivity contribution in [3.63, 3.8) is 0 Å². The number of carbonyl (C=O) groups excluding carboxylic acids is 2. The monoisotopic (exact) mass is 496 g/mol. The Morgan fingerprint density at radius 2 is 1.93 bits per heavy atom. The SMILES string of the molecule is O=C(COC(=O)/C=C/c1ccc(Br)o1)Nc1cccc(S(=O)(=O)N2CCCCC2)c1. The van der Waals surface area contributed by atoms with E-state index >= 15 is 0 Å². The predicted molar refractivity (Wildman–Crippen MR) is 114 cm³/mol. The molecule has 10 heteroatoms. The van der Waals surface area contributed by atoms with Crippen molar-refractivity contribution in [2.45, 2.75) is 24.2 Å². The van der Waals surface area contributed by atoms with Crippen molar-refractivity contribution in [3.8, 4) is 0 Å². The average Bonchev–Trinajstić information content (AvgIpc) is 3.17. The van der Waals surface area contributed by atoms with Crippen molar-refractivity contribution in [2.24, 2.45) is 0 Å². The van der Waals surface area contributed by atoms with Crippen LogP contribution in [0, 0.1) is 0 Å². The van der Waals surface area contributed by atoms with Gasteiger partial charge in [-0.1, -0.05) is 12.5 Å². The van der Waals surface area contributed by atoms with Crippen LogP contribution in [0.25, 0.3) is 6.08 Å². The van der Waals surface area contributed by atoms with Gasteiger partial charge in [0.1, 0.15) is 5.76 Å². The predicted octanol–water partition coefficient (Wildman–Crippen LogP) is 3.41. The number of nitrogens with zero attached hydrogens (tertiary/aromatic N) is 1. The molecule has 30 heavy (non-hydrogen) atoms. The summed E-state index contributed by atoms with van der Waals surface area (Å²) in [5, 5.41) is 2.54. The number of nitrogens with one attached hydrogen (secondary N) is 1. The Kier molecular flexibility index (Phi) is 7.46. The molecule has 1 N–H and O–H groups in total. The molecule has 0 aliphatic carbocycles. The second kappa shape index (κ2) is 10.1. The quantitative estimate of drug-likeness (QED) is 0.464. The Labute approximate surface area is 183 Å². The van der Waals surface area contributed by atoms with Gasteiger partial charge in [-0.25, -0.2) is 13.2 Å². The largest absolute Gasteiger partial charge is 0.452 e. The number of hydrogen-bond donors (Lipinski definition) is 1. The molecule has 0 atom stereocenters. The standard InChI is InChI=1S/C20H21BrN2O6S/c21-18-9-7-16(29-18)8-10-20(25)28-14-19(24)22-15-5-4-6-17(13-15)30(26,27)23-11-2-1-3-12-23/h4-10,13H,1-3,11-12,14H2,(H,22,24)/b10-8+. The first-order chi connectivity index (χ1) is 14.3. The number of ether oxygens (including phenoxy) is 1. The van der Waals surface area contributed by atoms with E-state index in [0.29, 0.717) is 29.2 Å². The minimum absolute atomic E-state index is 0.117. The van der Waals surface area contributed by atoms with Crippen LogP contribution in [0.4, 0.5) is 5.69 Å². The van der Waals surface area contributed by atoms with Gasteiger partial charge in [0.25, 0.3) is 5.91 Å². The zero-order chi connectivity index (χ0) is 21.6. The summed E-state index contributed by atoms with van der Waals surface area (Å²) in [7, 11) is -3.60. The number of piperidine rings is 1. The highest BCUT2D eigenvalue weighted by Gasteiger charge is 2.26. The number of amides is 1. The van der Waals surface area contributed by atoms with E-state index in [2.05, 4.69) is 21.2 Å². The normalized spacial score (nSPS) is 15.2. The molecule has 0 saturated carbocycles. The number of hydrogen-bond acceptors (Lipinski definition) is 6. The lowest BCUT2D eigenvalue weighted by molar-refractivity contribution is -0.142. The number of anilines is 1. The van der Waals surface area contributed by atoms with Gasteiger partial charge in [-0.2, -0.15) is 4.31 Å². The molecule has 1 aliphatic rings. The number of rotatable bonds is 7. The van der Waals surface area contributed by atoms with Crippen LogP contribution >= 0.6 is 15.9 Å². The van der Waals surface area contributed by atoms with Crippen LogP contribution in [-0.4, -0.2) is 44.3 Å². The molecule has 0 radical (unpaired) electrons. The molecule has 1 aromatic heterocycles. The maximum Gasteiger partial charge on any atom is 0.331 e. The first-order valence-corrected chi connectivity index (χ1v) is 11.6. The maximum atomic E-state index is 12.8. The molecule has 2 heterocycles. The highest BCUT2D eigenvalue weighted by Crippen LogP contribution is 2.23. The summed E-state index contributed by atoms with van der Waals surface area (Å²) in [4.78, 5) is 23.9. The van der Waals surface area contributed by atoms with Gasteiger partial charge in [-0.15, -0.1) is 0 Å². The number of carbonyl (C=O) groups is 2. The van der Waals surface area contributed by atoms with E-state index < -0.39 is 28.5 Å². The minimum atomic E-state index is -3.60. The van der Waals surface area contributed by atoms with Crippen molar-refractivity contribution in [2.75, 3.05) is 25.0 Å². The molecule has 160 valence electrons. The summed E-state index contributed by atoms with van der Waals surface area (Å²) in [6.45, 7) is 0.489. The summed E-state index contributed by atoms with van der Waals surface area (Å²) in [5.74, 6) is -0.834. The van der Waals surface area contributed by atoms with Crippen LogP contribution in [0.5, 0.6) is 0 Å². The van der Waals surface area contributed by atoms with Gasteiger partial charge in [0, 0.05) is 24.9 Å². The van der Waals surface area contributed by atoms with E-state index in [1.165, 1.54) is 22.5 Å². The van der Waals surface area contributed by atoms with Crippen LogP contribution < -0.4 is 5.32 Å². The van der Waals surface area contributed by atoms with Crippen LogP contribution in [-0.2, 0) is 24.3 Å². The van der Waals surface area contributed by atoms with Crippen molar-refractivity contribution < 1.29 is 27.2 Å².